The van der Waals surface area contributed by atoms with Crippen LogP contribution < -0.4 is 0 Å². The number of hydrogen-bond donors (Lipinski definition) is 0. The van der Waals surface area contributed by atoms with Crippen LogP contribution in [0.25, 0.3) is 0 Å². The molecule has 0 atom stereocenters. The lowest BCUT2D eigenvalue weighted by molar-refractivity contribution is -0.112. The molecule has 0 aliphatic carbocycles. The van der Waals surface area contributed by atoms with Crippen molar-refractivity contribution in [2.24, 2.45) is 0 Å². The Balaban J connectivity index is 0.000000810. The fraction of sp³-hybridized carbons (Fsp3) is 0.833. The highest BCUT2D eigenvalue weighted by Crippen LogP contribution is 2.06. The molecule has 0 saturated carbocycles. The molecule has 0 amide bonds. The summed E-state index contributed by atoms with van der Waals surface area (Å²) in [5.74, 6) is 0. The Morgan fingerprint density at radius 1 is 1.40 bits per heavy atom. The summed E-state index contributed by atoms with van der Waals surface area (Å²) in [4.78, 5) is 12.4. The second-order valence-corrected chi connectivity index (χ2v) is 2.76. The minimum Gasteiger partial charge on any atom is -0.295 e. The van der Waals surface area contributed by atoms with Crippen LogP contribution >= 0.6 is 24.0 Å². The van der Waals surface area contributed by atoms with Gasteiger partial charge in [-0.25, -0.2) is 0 Å². The molecule has 1 saturated heterocycles. The first kappa shape index (κ1) is 10.2. The van der Waals surface area contributed by atoms with Crippen molar-refractivity contribution in [1.82, 2.24) is 4.90 Å². The van der Waals surface area contributed by atoms with Crippen molar-refractivity contribution in [2.45, 2.75) is 12.8 Å². The van der Waals surface area contributed by atoms with Gasteiger partial charge in [-0.2, -0.15) is 0 Å². The van der Waals surface area contributed by atoms with Crippen molar-refractivity contribution in [2.75, 3.05) is 19.6 Å². The van der Waals surface area contributed by atoms with Gasteiger partial charge in [0.1, 0.15) is 0 Å². The number of carbonyl (C=O) groups excluding carboxylic acids is 1. The maximum absolute atomic E-state index is 10.3. The van der Waals surface area contributed by atoms with E-state index in [0.717, 1.165) is 13.1 Å². The Kier molecular flexibility index (Phi) is 5.04. The molecule has 0 aromatic heterocycles. The molecule has 4 heteroatoms. The minimum absolute atomic E-state index is 0. The number of carbonyl (C=O) groups is 1. The topological polar surface area (TPSA) is 20.3 Å². The van der Waals surface area contributed by atoms with E-state index >= 15 is 0 Å². The van der Waals surface area contributed by atoms with E-state index in [1.807, 2.05) is 0 Å². The zero-order valence-electron chi connectivity index (χ0n) is 5.68. The Morgan fingerprint density at radius 2 is 1.90 bits per heavy atom. The molecule has 0 aromatic carbocycles. The monoisotopic (exact) mass is 183 g/mol. The molecule has 1 rings (SSSR count). The van der Waals surface area contributed by atoms with Gasteiger partial charge < -0.3 is 0 Å². The average Bonchev–Trinajstić information content (AvgIpc) is 2.15. The maximum atomic E-state index is 10.3. The van der Waals surface area contributed by atoms with Gasteiger partial charge in [0.25, 0.3) is 0 Å². The highest BCUT2D eigenvalue weighted by atomic mass is 35.5. The lowest BCUT2D eigenvalue weighted by Gasteiger charge is -2.09. The average molecular weight is 184 g/mol. The van der Waals surface area contributed by atoms with Crippen molar-refractivity contribution in [3.63, 3.8) is 0 Å². The standard InChI is InChI=1S/C6H10ClNO.ClH/c7-6(9)5-8-3-1-2-4-8;/h1-5H2;1H. The smallest absolute Gasteiger partial charge is 0.235 e. The SMILES string of the molecule is Cl.O=C(Cl)CN1CCCC1. The molecule has 60 valence electrons. The summed E-state index contributed by atoms with van der Waals surface area (Å²) in [5.41, 5.74) is 0. The molecule has 1 fully saturated rings. The van der Waals surface area contributed by atoms with Gasteiger partial charge in [-0.3, -0.25) is 9.69 Å². The van der Waals surface area contributed by atoms with Crippen LogP contribution in [-0.4, -0.2) is 29.8 Å². The summed E-state index contributed by atoms with van der Waals surface area (Å²) in [5, 5.41) is -0.239. The van der Waals surface area contributed by atoms with E-state index in [0.29, 0.717) is 6.54 Å². The van der Waals surface area contributed by atoms with Crippen LogP contribution in [0.15, 0.2) is 0 Å². The maximum Gasteiger partial charge on any atom is 0.235 e. The first-order valence-electron chi connectivity index (χ1n) is 3.20. The van der Waals surface area contributed by atoms with E-state index in [9.17, 15) is 4.79 Å². The third kappa shape index (κ3) is 3.40. The molecule has 0 radical (unpaired) electrons. The molecular weight excluding hydrogens is 173 g/mol. The number of nitrogens with zero attached hydrogens (tertiary/aromatic N) is 1. The normalized spacial score (nSPS) is 18.5. The third-order valence-electron chi connectivity index (χ3n) is 1.55. The summed E-state index contributed by atoms with van der Waals surface area (Å²) in [6.07, 6.45) is 2.42. The minimum atomic E-state index is -0.239. The van der Waals surface area contributed by atoms with Crippen molar-refractivity contribution in [1.29, 1.82) is 0 Å². The van der Waals surface area contributed by atoms with Gasteiger partial charge >= 0.3 is 0 Å². The molecule has 0 unspecified atom stereocenters. The summed E-state index contributed by atoms with van der Waals surface area (Å²) in [6.45, 7) is 2.51. The highest BCUT2D eigenvalue weighted by molar-refractivity contribution is 6.64. The first-order chi connectivity index (χ1) is 4.29. The zero-order chi connectivity index (χ0) is 6.69. The van der Waals surface area contributed by atoms with Crippen LogP contribution in [0.2, 0.25) is 0 Å². The molecule has 1 aliphatic heterocycles. The van der Waals surface area contributed by atoms with Crippen molar-refractivity contribution >= 4 is 29.3 Å². The molecule has 0 bridgehead atoms. The summed E-state index contributed by atoms with van der Waals surface area (Å²) < 4.78 is 0. The van der Waals surface area contributed by atoms with Crippen LogP contribution in [-0.2, 0) is 4.79 Å². The Morgan fingerprint density at radius 3 is 2.30 bits per heavy atom. The lowest BCUT2D eigenvalue weighted by Crippen LogP contribution is -2.23. The molecule has 0 aromatic rings. The van der Waals surface area contributed by atoms with E-state index in [4.69, 9.17) is 11.6 Å². The highest BCUT2D eigenvalue weighted by Gasteiger charge is 2.12. The molecule has 0 N–H and O–H groups in total. The fourth-order valence-corrected chi connectivity index (χ4v) is 1.29. The molecule has 1 aliphatic rings. The summed E-state index contributed by atoms with van der Waals surface area (Å²) in [6, 6.07) is 0. The number of likely N-dealkylation sites (tertiary alicyclic amines) is 1. The first-order valence-corrected chi connectivity index (χ1v) is 3.57. The Bertz CT molecular complexity index is 112. The van der Waals surface area contributed by atoms with Gasteiger partial charge in [0.2, 0.25) is 5.24 Å². The fourth-order valence-electron chi connectivity index (χ4n) is 1.12. The van der Waals surface area contributed by atoms with Crippen LogP contribution in [0.5, 0.6) is 0 Å². The van der Waals surface area contributed by atoms with Gasteiger partial charge in [-0.15, -0.1) is 12.4 Å². The number of hydrogen-bond acceptors (Lipinski definition) is 2. The number of rotatable bonds is 2. The van der Waals surface area contributed by atoms with Crippen LogP contribution in [0.3, 0.4) is 0 Å². The largest absolute Gasteiger partial charge is 0.295 e. The van der Waals surface area contributed by atoms with Crippen LogP contribution in [0.1, 0.15) is 12.8 Å². The molecule has 2 nitrogen and oxygen atoms in total. The predicted octanol–water partition coefficient (Wildman–Crippen LogP) is 1.27. The van der Waals surface area contributed by atoms with Crippen LogP contribution in [0, 0.1) is 0 Å². The molecular formula is C6H11Cl2NO. The summed E-state index contributed by atoms with van der Waals surface area (Å²) >= 11 is 5.18. The zero-order valence-corrected chi connectivity index (χ0v) is 7.25. The van der Waals surface area contributed by atoms with E-state index < -0.39 is 0 Å². The quantitative estimate of drug-likeness (QED) is 0.602. The van der Waals surface area contributed by atoms with Crippen LogP contribution in [0.4, 0.5) is 0 Å². The van der Waals surface area contributed by atoms with Crippen molar-refractivity contribution < 1.29 is 4.79 Å². The van der Waals surface area contributed by atoms with Gasteiger partial charge in [-0.05, 0) is 37.5 Å². The third-order valence-corrected chi connectivity index (χ3v) is 1.67. The number of halogens is 2. The van der Waals surface area contributed by atoms with Gasteiger partial charge in [0.15, 0.2) is 0 Å². The Hall–Kier alpha value is 0.210. The molecule has 10 heavy (non-hydrogen) atoms. The Labute approximate surface area is 71.9 Å². The van der Waals surface area contributed by atoms with E-state index in [1.165, 1.54) is 12.8 Å². The summed E-state index contributed by atoms with van der Waals surface area (Å²) in [7, 11) is 0. The van der Waals surface area contributed by atoms with Crippen molar-refractivity contribution in [3.8, 4) is 0 Å². The van der Waals surface area contributed by atoms with Gasteiger partial charge in [0.05, 0.1) is 6.54 Å². The van der Waals surface area contributed by atoms with E-state index in [-0.39, 0.29) is 17.6 Å². The predicted molar refractivity (Wildman–Crippen MR) is 43.8 cm³/mol. The van der Waals surface area contributed by atoms with E-state index in [2.05, 4.69) is 4.90 Å². The van der Waals surface area contributed by atoms with E-state index in [1.54, 1.807) is 0 Å². The molecule has 1 heterocycles. The lowest BCUT2D eigenvalue weighted by atomic mass is 10.4. The van der Waals surface area contributed by atoms with Crippen molar-refractivity contribution in [3.05, 3.63) is 0 Å². The van der Waals surface area contributed by atoms with Gasteiger partial charge in [0, 0.05) is 0 Å². The second-order valence-electron chi connectivity index (χ2n) is 2.34. The second kappa shape index (κ2) is 4.94. The molecule has 0 spiro atoms. The van der Waals surface area contributed by atoms with Gasteiger partial charge in [-0.1, -0.05) is 0 Å².